The van der Waals surface area contributed by atoms with Crippen molar-refractivity contribution in [2.45, 2.75) is 23.8 Å². The molecule has 11 heteroatoms. The summed E-state index contributed by atoms with van der Waals surface area (Å²) in [6, 6.07) is 16.3. The van der Waals surface area contributed by atoms with Gasteiger partial charge in [-0.1, -0.05) is 54.3 Å². The SMILES string of the molecule is CN(C)S(=O)(=O)c1cccc(-c2nn(-c3ccccc3)cc2C=C2SC(=S)N(CC3CCCO3)C2=O)c1. The molecule has 2 aromatic carbocycles. The first-order valence-electron chi connectivity index (χ1n) is 11.8. The molecule has 2 fully saturated rings. The van der Waals surface area contributed by atoms with Crippen LogP contribution in [0.4, 0.5) is 0 Å². The molecule has 192 valence electrons. The number of para-hydroxylation sites is 1. The number of amides is 1. The molecule has 0 radical (unpaired) electrons. The third kappa shape index (κ3) is 5.27. The van der Waals surface area contributed by atoms with Crippen LogP contribution >= 0.6 is 24.0 Å². The Balaban J connectivity index is 1.56. The number of hydrogen-bond donors (Lipinski definition) is 0. The van der Waals surface area contributed by atoms with Crippen LogP contribution in [0.2, 0.25) is 0 Å². The van der Waals surface area contributed by atoms with E-state index in [0.29, 0.717) is 39.2 Å². The number of sulfonamides is 1. The molecule has 0 spiro atoms. The van der Waals surface area contributed by atoms with E-state index in [4.69, 9.17) is 22.1 Å². The minimum Gasteiger partial charge on any atom is -0.376 e. The maximum atomic E-state index is 13.3. The molecule has 0 bridgehead atoms. The fourth-order valence-corrected chi connectivity index (χ4v) is 6.45. The summed E-state index contributed by atoms with van der Waals surface area (Å²) in [5.41, 5.74) is 2.70. The number of benzene rings is 2. The first-order chi connectivity index (χ1) is 17.7. The highest BCUT2D eigenvalue weighted by Gasteiger charge is 2.35. The minimum atomic E-state index is -3.63. The van der Waals surface area contributed by atoms with Crippen molar-refractivity contribution >= 4 is 50.3 Å². The van der Waals surface area contributed by atoms with Gasteiger partial charge in [-0.15, -0.1) is 0 Å². The van der Waals surface area contributed by atoms with E-state index in [2.05, 4.69) is 0 Å². The first-order valence-corrected chi connectivity index (χ1v) is 14.5. The number of thioether (sulfide) groups is 1. The van der Waals surface area contributed by atoms with E-state index in [9.17, 15) is 13.2 Å². The molecule has 8 nitrogen and oxygen atoms in total. The van der Waals surface area contributed by atoms with Crippen LogP contribution in [0.3, 0.4) is 0 Å². The van der Waals surface area contributed by atoms with E-state index in [1.165, 1.54) is 30.2 Å². The fourth-order valence-electron chi connectivity index (χ4n) is 4.24. The van der Waals surface area contributed by atoms with Crippen molar-refractivity contribution in [3.8, 4) is 16.9 Å². The Bertz CT molecular complexity index is 1480. The second-order valence-electron chi connectivity index (χ2n) is 8.96. The zero-order valence-corrected chi connectivity index (χ0v) is 22.9. The highest BCUT2D eigenvalue weighted by Crippen LogP contribution is 2.36. The first kappa shape index (κ1) is 25.8. The molecule has 1 unspecified atom stereocenters. The normalized spacial score (nSPS) is 19.5. The molecule has 3 heterocycles. The van der Waals surface area contributed by atoms with Gasteiger partial charge < -0.3 is 4.74 Å². The standard InChI is InChI=1S/C26H26N4O4S3/c1-28(2)37(32,33)22-12-6-8-18(14-22)24-19(16-30(27-24)20-9-4-3-5-10-20)15-23-25(31)29(26(35)36-23)17-21-11-7-13-34-21/h3-6,8-10,12,14-16,21H,7,11,13,17H2,1-2H3. The van der Waals surface area contributed by atoms with Gasteiger partial charge in [0.15, 0.2) is 0 Å². The Labute approximate surface area is 226 Å². The van der Waals surface area contributed by atoms with Gasteiger partial charge in [-0.3, -0.25) is 9.69 Å². The zero-order valence-electron chi connectivity index (χ0n) is 20.4. The highest BCUT2D eigenvalue weighted by molar-refractivity contribution is 8.26. The number of carbonyl (C=O) groups is 1. The second kappa shape index (κ2) is 10.5. The van der Waals surface area contributed by atoms with Crippen LogP contribution in [0.25, 0.3) is 23.0 Å². The predicted octanol–water partition coefficient (Wildman–Crippen LogP) is 4.17. The Morgan fingerprint density at radius 2 is 1.97 bits per heavy atom. The monoisotopic (exact) mass is 554 g/mol. The zero-order chi connectivity index (χ0) is 26.2. The average molecular weight is 555 g/mol. The van der Waals surface area contributed by atoms with Gasteiger partial charge in [0, 0.05) is 38.0 Å². The highest BCUT2D eigenvalue weighted by atomic mass is 32.2. The van der Waals surface area contributed by atoms with E-state index in [1.807, 2.05) is 42.6 Å². The number of hydrogen-bond acceptors (Lipinski definition) is 7. The molecule has 1 atom stereocenters. The number of carbonyl (C=O) groups excluding carboxylic acids is 1. The van der Waals surface area contributed by atoms with Crippen LogP contribution in [0.15, 0.2) is 70.6 Å². The second-order valence-corrected chi connectivity index (χ2v) is 12.8. The van der Waals surface area contributed by atoms with Crippen LogP contribution in [0.5, 0.6) is 0 Å². The third-order valence-corrected chi connectivity index (χ3v) is 9.41. The van der Waals surface area contributed by atoms with E-state index in [1.54, 1.807) is 33.9 Å². The van der Waals surface area contributed by atoms with Gasteiger partial charge in [0.25, 0.3) is 5.91 Å². The average Bonchev–Trinajstić information content (AvgIpc) is 3.62. The van der Waals surface area contributed by atoms with Gasteiger partial charge in [-0.2, -0.15) is 5.10 Å². The molecule has 0 N–H and O–H groups in total. The summed E-state index contributed by atoms with van der Waals surface area (Å²) in [4.78, 5) is 15.5. The lowest BCUT2D eigenvalue weighted by Gasteiger charge is -2.18. The number of aromatic nitrogens is 2. The Morgan fingerprint density at radius 3 is 2.68 bits per heavy atom. The summed E-state index contributed by atoms with van der Waals surface area (Å²) in [6.07, 6.45) is 5.52. The fraction of sp³-hybridized carbons (Fsp3) is 0.269. The van der Waals surface area contributed by atoms with Crippen LogP contribution in [0.1, 0.15) is 18.4 Å². The Hall–Kier alpha value is -2.83. The maximum Gasteiger partial charge on any atom is 0.266 e. The molecule has 1 amide bonds. The van der Waals surface area contributed by atoms with Crippen molar-refractivity contribution in [3.63, 3.8) is 0 Å². The van der Waals surface area contributed by atoms with Crippen LogP contribution in [-0.4, -0.2) is 71.0 Å². The molecule has 0 aliphatic carbocycles. The molecule has 5 rings (SSSR count). The van der Waals surface area contributed by atoms with Crippen molar-refractivity contribution in [1.29, 1.82) is 0 Å². The van der Waals surface area contributed by atoms with Crippen molar-refractivity contribution < 1.29 is 17.9 Å². The molecule has 2 saturated heterocycles. The number of thiocarbonyl (C=S) groups is 1. The van der Waals surface area contributed by atoms with E-state index >= 15 is 0 Å². The Morgan fingerprint density at radius 1 is 1.19 bits per heavy atom. The summed E-state index contributed by atoms with van der Waals surface area (Å²) in [6.45, 7) is 1.16. The van der Waals surface area contributed by atoms with Crippen molar-refractivity contribution in [2.75, 3.05) is 27.2 Å². The maximum absolute atomic E-state index is 13.3. The van der Waals surface area contributed by atoms with E-state index in [-0.39, 0.29) is 16.9 Å². The molecule has 2 aliphatic heterocycles. The molecular weight excluding hydrogens is 529 g/mol. The summed E-state index contributed by atoms with van der Waals surface area (Å²) in [7, 11) is -0.641. The summed E-state index contributed by atoms with van der Waals surface area (Å²) >= 11 is 6.77. The third-order valence-electron chi connectivity index (χ3n) is 6.22. The molecule has 2 aliphatic rings. The molecule has 1 aromatic heterocycles. The number of nitrogens with zero attached hydrogens (tertiary/aromatic N) is 4. The topological polar surface area (TPSA) is 84.7 Å². The van der Waals surface area contributed by atoms with Gasteiger partial charge in [0.2, 0.25) is 10.0 Å². The lowest BCUT2D eigenvalue weighted by Crippen LogP contribution is -2.35. The summed E-state index contributed by atoms with van der Waals surface area (Å²) in [5.74, 6) is -0.159. The van der Waals surface area contributed by atoms with Crippen molar-refractivity contribution in [3.05, 3.63) is 71.3 Å². The van der Waals surface area contributed by atoms with E-state index < -0.39 is 10.0 Å². The molecule has 37 heavy (non-hydrogen) atoms. The van der Waals surface area contributed by atoms with Gasteiger partial charge in [0.1, 0.15) is 10.0 Å². The number of rotatable bonds is 7. The van der Waals surface area contributed by atoms with Crippen LogP contribution in [0, 0.1) is 0 Å². The largest absolute Gasteiger partial charge is 0.376 e. The lowest BCUT2D eigenvalue weighted by molar-refractivity contribution is -0.123. The van der Waals surface area contributed by atoms with Gasteiger partial charge in [-0.05, 0) is 43.2 Å². The summed E-state index contributed by atoms with van der Waals surface area (Å²) < 4.78 is 34.7. The molecule has 0 saturated carbocycles. The van der Waals surface area contributed by atoms with Crippen molar-refractivity contribution in [1.82, 2.24) is 19.0 Å². The smallest absolute Gasteiger partial charge is 0.266 e. The van der Waals surface area contributed by atoms with Gasteiger partial charge in [-0.25, -0.2) is 17.4 Å². The van der Waals surface area contributed by atoms with Gasteiger partial charge >= 0.3 is 0 Å². The van der Waals surface area contributed by atoms with Crippen molar-refractivity contribution in [2.24, 2.45) is 0 Å². The predicted molar refractivity (Wildman–Crippen MR) is 149 cm³/mol. The number of ether oxygens (including phenoxy) is 1. The van der Waals surface area contributed by atoms with Crippen LogP contribution < -0.4 is 0 Å². The quantitative estimate of drug-likeness (QED) is 0.320. The minimum absolute atomic E-state index is 0.000345. The Kier molecular flexibility index (Phi) is 7.32. The lowest BCUT2D eigenvalue weighted by atomic mass is 10.1. The van der Waals surface area contributed by atoms with Gasteiger partial charge in [0.05, 0.1) is 28.1 Å². The molecular formula is C26H26N4O4S3. The summed E-state index contributed by atoms with van der Waals surface area (Å²) in [5, 5.41) is 4.78. The molecule has 3 aromatic rings. The van der Waals surface area contributed by atoms with E-state index in [0.717, 1.165) is 18.5 Å². The van der Waals surface area contributed by atoms with Crippen LogP contribution in [-0.2, 0) is 19.6 Å².